The van der Waals surface area contributed by atoms with E-state index in [-0.39, 0.29) is 11.6 Å². The highest BCUT2D eigenvalue weighted by atomic mass is 35.5. The highest BCUT2D eigenvalue weighted by Gasteiger charge is 2.24. The number of carbonyl (C=O) groups excluding carboxylic acids is 3. The molecule has 12 heteroatoms. The van der Waals surface area contributed by atoms with Gasteiger partial charge in [-0.3, -0.25) is 14.4 Å². The van der Waals surface area contributed by atoms with Crippen molar-refractivity contribution in [3.63, 3.8) is 0 Å². The minimum atomic E-state index is -0.596. The molecule has 0 spiro atoms. The first-order chi connectivity index (χ1) is 23.8. The summed E-state index contributed by atoms with van der Waals surface area (Å²) in [7, 11) is 0. The highest BCUT2D eigenvalue weighted by molar-refractivity contribution is 8.00. The Balaban J connectivity index is 1.16. The van der Waals surface area contributed by atoms with E-state index in [1.54, 1.807) is 60.7 Å². The summed E-state index contributed by atoms with van der Waals surface area (Å²) in [6.45, 7) is 0. The van der Waals surface area contributed by atoms with Crippen molar-refractivity contribution >= 4 is 92.3 Å². The summed E-state index contributed by atoms with van der Waals surface area (Å²) in [6.07, 6.45) is 1.63. The fraction of sp³-hybridized carbons (Fsp3) is 0.0270. The average molecular weight is 742 g/mol. The first kappa shape index (κ1) is 34.2. The minimum Gasteiger partial charge on any atom is -0.321 e. The largest absolute Gasteiger partial charge is 0.321 e. The second kappa shape index (κ2) is 16.1. The van der Waals surface area contributed by atoms with Crippen LogP contribution in [-0.2, 0) is 9.59 Å². The number of thiophene rings is 1. The molecule has 0 fully saturated rings. The van der Waals surface area contributed by atoms with E-state index in [4.69, 9.17) is 23.2 Å². The Kier molecular flexibility index (Phi) is 11.2. The number of hydrogen-bond acceptors (Lipinski definition) is 7. The zero-order valence-corrected chi connectivity index (χ0v) is 29.4. The summed E-state index contributed by atoms with van der Waals surface area (Å²) in [4.78, 5) is 45.3. The molecule has 0 saturated heterocycles. The lowest BCUT2D eigenvalue weighted by molar-refractivity contribution is -0.116. The lowest BCUT2D eigenvalue weighted by Crippen LogP contribution is -2.30. The molecule has 0 bridgehead atoms. The zero-order valence-electron chi connectivity index (χ0n) is 25.4. The molecule has 49 heavy (non-hydrogen) atoms. The zero-order chi connectivity index (χ0) is 34.2. The van der Waals surface area contributed by atoms with E-state index in [1.165, 1.54) is 34.4 Å². The molecular formula is C37H26Cl2N4O3S3. The summed E-state index contributed by atoms with van der Waals surface area (Å²) in [5.74, 6) is -1.11. The first-order valence-electron chi connectivity index (χ1n) is 14.8. The van der Waals surface area contributed by atoms with Crippen molar-refractivity contribution in [3.8, 4) is 11.3 Å². The van der Waals surface area contributed by atoms with Crippen molar-refractivity contribution < 1.29 is 14.4 Å². The van der Waals surface area contributed by atoms with Gasteiger partial charge in [0.05, 0.1) is 10.7 Å². The van der Waals surface area contributed by atoms with Crippen molar-refractivity contribution in [3.05, 3.63) is 158 Å². The van der Waals surface area contributed by atoms with E-state index >= 15 is 0 Å². The van der Waals surface area contributed by atoms with Crippen molar-refractivity contribution in [1.29, 1.82) is 0 Å². The van der Waals surface area contributed by atoms with Crippen LogP contribution < -0.4 is 16.0 Å². The molecule has 0 aliphatic carbocycles. The number of thioether (sulfide) groups is 1. The number of amides is 3. The van der Waals surface area contributed by atoms with Crippen molar-refractivity contribution in [2.45, 2.75) is 10.1 Å². The van der Waals surface area contributed by atoms with Gasteiger partial charge in [0, 0.05) is 32.1 Å². The van der Waals surface area contributed by atoms with Crippen LogP contribution in [0.3, 0.4) is 0 Å². The Hall–Kier alpha value is -4.71. The Morgan fingerprint density at radius 1 is 0.816 bits per heavy atom. The molecular weight excluding hydrogens is 716 g/mol. The molecule has 6 rings (SSSR count). The van der Waals surface area contributed by atoms with Gasteiger partial charge >= 0.3 is 0 Å². The van der Waals surface area contributed by atoms with Gasteiger partial charge in [0.2, 0.25) is 5.91 Å². The molecule has 6 aromatic rings. The maximum atomic E-state index is 13.7. The quantitative estimate of drug-likeness (QED) is 0.0907. The lowest BCUT2D eigenvalue weighted by atomic mass is 10.1. The van der Waals surface area contributed by atoms with Crippen LogP contribution in [-0.4, -0.2) is 22.7 Å². The third-order valence-corrected chi connectivity index (χ3v) is 10.3. The Morgan fingerprint density at radius 3 is 2.24 bits per heavy atom. The van der Waals surface area contributed by atoms with Crippen LogP contribution in [0.5, 0.6) is 0 Å². The number of aromatic nitrogens is 1. The van der Waals surface area contributed by atoms with Gasteiger partial charge in [0.15, 0.2) is 5.13 Å². The molecule has 0 radical (unpaired) electrons. The minimum absolute atomic E-state index is 0.107. The molecule has 4 aromatic carbocycles. The first-order valence-corrected chi connectivity index (χ1v) is 18.2. The second-order valence-electron chi connectivity index (χ2n) is 10.5. The summed E-state index contributed by atoms with van der Waals surface area (Å²) in [6, 6.07) is 32.4. The van der Waals surface area contributed by atoms with Crippen molar-refractivity contribution in [2.75, 3.05) is 10.6 Å². The number of nitrogens with zero attached hydrogens (tertiary/aromatic N) is 1. The van der Waals surface area contributed by atoms with E-state index in [1.807, 2.05) is 70.7 Å². The van der Waals surface area contributed by atoms with Crippen LogP contribution in [0, 0.1) is 0 Å². The molecule has 1 atom stereocenters. The maximum Gasteiger partial charge on any atom is 0.272 e. The highest BCUT2D eigenvalue weighted by Crippen LogP contribution is 2.38. The number of anilines is 2. The molecule has 0 saturated carbocycles. The number of halogens is 2. The number of thiazole rings is 1. The number of nitrogens with one attached hydrogen (secondary N) is 3. The number of hydrogen-bond donors (Lipinski definition) is 3. The number of benzene rings is 4. The maximum absolute atomic E-state index is 13.7. The molecule has 244 valence electrons. The van der Waals surface area contributed by atoms with Crippen molar-refractivity contribution in [2.24, 2.45) is 0 Å². The lowest BCUT2D eigenvalue weighted by Gasteiger charge is -2.17. The van der Waals surface area contributed by atoms with Gasteiger partial charge in [-0.25, -0.2) is 4.98 Å². The topological polar surface area (TPSA) is 100 Å². The smallest absolute Gasteiger partial charge is 0.272 e. The van der Waals surface area contributed by atoms with Crippen LogP contribution in [0.1, 0.15) is 26.7 Å². The molecule has 2 aromatic heterocycles. The molecule has 1 unspecified atom stereocenters. The van der Waals surface area contributed by atoms with Gasteiger partial charge in [0.1, 0.15) is 10.9 Å². The van der Waals surface area contributed by atoms with Gasteiger partial charge in [-0.15, -0.1) is 23.1 Å². The second-order valence-corrected chi connectivity index (χ2v) is 14.1. The summed E-state index contributed by atoms with van der Waals surface area (Å²) >= 11 is 16.6. The monoisotopic (exact) mass is 740 g/mol. The normalized spacial score (nSPS) is 11.8. The van der Waals surface area contributed by atoms with Crippen LogP contribution in [0.4, 0.5) is 10.8 Å². The van der Waals surface area contributed by atoms with E-state index in [0.29, 0.717) is 32.1 Å². The third-order valence-electron chi connectivity index (χ3n) is 7.03. The van der Waals surface area contributed by atoms with Gasteiger partial charge < -0.3 is 16.0 Å². The SMILES string of the molecule is O=C(Nc1ccc(SC(C(=O)Nc2nc(-c3ccc(Cl)cc3Cl)cs2)c2ccccc2)cc1)/C(=C/c1ccsc1)NC(=O)c1ccccc1. The average Bonchev–Trinajstić information content (AvgIpc) is 3.81. The molecule has 0 aliphatic rings. The molecule has 2 heterocycles. The van der Waals surface area contributed by atoms with Gasteiger partial charge in [-0.05, 0) is 88.6 Å². The molecule has 0 aliphatic heterocycles. The Morgan fingerprint density at radius 2 is 1.55 bits per heavy atom. The molecule has 7 nitrogen and oxygen atoms in total. The number of rotatable bonds is 11. The van der Waals surface area contributed by atoms with E-state index < -0.39 is 17.1 Å². The van der Waals surface area contributed by atoms with Gasteiger partial charge in [-0.2, -0.15) is 11.3 Å². The Labute approximate surface area is 305 Å². The van der Waals surface area contributed by atoms with Crippen LogP contribution in [0.15, 0.2) is 136 Å². The van der Waals surface area contributed by atoms with Crippen LogP contribution in [0.25, 0.3) is 17.3 Å². The fourth-order valence-electron chi connectivity index (χ4n) is 4.64. The number of carbonyl (C=O) groups is 3. The van der Waals surface area contributed by atoms with Crippen molar-refractivity contribution in [1.82, 2.24) is 10.3 Å². The van der Waals surface area contributed by atoms with Crippen LogP contribution in [0.2, 0.25) is 10.0 Å². The van der Waals surface area contributed by atoms with E-state index in [2.05, 4.69) is 20.9 Å². The van der Waals surface area contributed by atoms with Crippen LogP contribution >= 0.6 is 57.6 Å². The summed E-state index contributed by atoms with van der Waals surface area (Å²) in [5.41, 5.74) is 4.03. The van der Waals surface area contributed by atoms with E-state index in [9.17, 15) is 14.4 Å². The predicted octanol–water partition coefficient (Wildman–Crippen LogP) is 10.1. The summed E-state index contributed by atoms with van der Waals surface area (Å²) < 4.78 is 0. The third kappa shape index (κ3) is 9.05. The van der Waals surface area contributed by atoms with Gasteiger partial charge in [0.25, 0.3) is 11.8 Å². The van der Waals surface area contributed by atoms with Gasteiger partial charge in [-0.1, -0.05) is 71.7 Å². The Bertz CT molecular complexity index is 2100. The molecule has 3 N–H and O–H groups in total. The molecule has 3 amide bonds. The predicted molar refractivity (Wildman–Crippen MR) is 203 cm³/mol. The fourth-order valence-corrected chi connectivity index (χ4v) is 7.50. The van der Waals surface area contributed by atoms with E-state index in [0.717, 1.165) is 21.6 Å². The standard InChI is InChI=1S/C37H26Cl2N4O3S3/c38-26-11-16-29(30(39)20-26)32-22-48-37(42-32)43-36(46)33(24-7-3-1-4-8-24)49-28-14-12-27(13-15-28)40-35(45)31(19-23-17-18-47-21-23)41-34(44)25-9-5-2-6-10-25/h1-22,33H,(H,40,45)(H,41,44)(H,42,43,46)/b31-19-. The summed E-state index contributed by atoms with van der Waals surface area (Å²) in [5, 5.41) is 15.0.